The molecule has 2 aromatic rings. The van der Waals surface area contributed by atoms with Crippen molar-refractivity contribution < 1.29 is 0 Å². The number of aromatic nitrogens is 1. The summed E-state index contributed by atoms with van der Waals surface area (Å²) in [4.78, 5) is 4.78. The summed E-state index contributed by atoms with van der Waals surface area (Å²) >= 11 is 7.57. The molecule has 1 aromatic heterocycles. The van der Waals surface area contributed by atoms with E-state index in [1.807, 2.05) is 24.3 Å². The molecule has 2 N–H and O–H groups in total. The van der Waals surface area contributed by atoms with Gasteiger partial charge in [0.2, 0.25) is 0 Å². The van der Waals surface area contributed by atoms with Gasteiger partial charge in [-0.05, 0) is 25.0 Å². The van der Waals surface area contributed by atoms with Crippen molar-refractivity contribution in [2.75, 3.05) is 5.73 Å². The summed E-state index contributed by atoms with van der Waals surface area (Å²) in [5, 5.41) is 2.77. The molecule has 1 aliphatic rings. The molecule has 1 fully saturated rings. The van der Waals surface area contributed by atoms with Gasteiger partial charge in [0.25, 0.3) is 0 Å². The zero-order valence-electron chi connectivity index (χ0n) is 10.7. The van der Waals surface area contributed by atoms with E-state index >= 15 is 0 Å². The number of nitrogens with two attached hydrogens (primary N) is 1. The van der Waals surface area contributed by atoms with Crippen molar-refractivity contribution in [2.24, 2.45) is 0 Å². The Labute approximate surface area is 122 Å². The molecular weight excluding hydrogens is 276 g/mol. The average molecular weight is 293 g/mol. The number of thiazole rings is 1. The van der Waals surface area contributed by atoms with Gasteiger partial charge in [0.1, 0.15) is 10.7 Å². The van der Waals surface area contributed by atoms with Crippen LogP contribution in [0.5, 0.6) is 0 Å². The van der Waals surface area contributed by atoms with Crippen molar-refractivity contribution in [1.29, 1.82) is 0 Å². The highest BCUT2D eigenvalue weighted by molar-refractivity contribution is 7.16. The summed E-state index contributed by atoms with van der Waals surface area (Å²) < 4.78 is 0. The Balaban J connectivity index is 1.90. The molecule has 0 unspecified atom stereocenters. The molecule has 0 saturated heterocycles. The number of halogens is 1. The Kier molecular flexibility index (Phi) is 3.76. The Morgan fingerprint density at radius 3 is 2.47 bits per heavy atom. The van der Waals surface area contributed by atoms with E-state index in [4.69, 9.17) is 22.3 Å². The third kappa shape index (κ3) is 2.77. The fourth-order valence-corrected chi connectivity index (χ4v) is 3.84. The molecule has 3 rings (SSSR count). The quantitative estimate of drug-likeness (QED) is 0.837. The predicted octanol–water partition coefficient (Wildman–Crippen LogP) is 5.09. The van der Waals surface area contributed by atoms with E-state index in [0.717, 1.165) is 21.3 Å². The van der Waals surface area contributed by atoms with Crippen LogP contribution < -0.4 is 5.73 Å². The first-order valence-corrected chi connectivity index (χ1v) is 7.95. The molecule has 1 aliphatic carbocycles. The Morgan fingerprint density at radius 1 is 1.11 bits per heavy atom. The molecule has 100 valence electrons. The molecule has 0 aliphatic heterocycles. The molecule has 4 heteroatoms. The lowest BCUT2D eigenvalue weighted by atomic mass is 9.90. The monoisotopic (exact) mass is 292 g/mol. The van der Waals surface area contributed by atoms with Crippen molar-refractivity contribution in [3.63, 3.8) is 0 Å². The minimum Gasteiger partial charge on any atom is -0.389 e. The smallest absolute Gasteiger partial charge is 0.114 e. The number of hydrogen-bond acceptors (Lipinski definition) is 3. The third-order valence-electron chi connectivity index (χ3n) is 3.74. The van der Waals surface area contributed by atoms with Crippen LogP contribution in [0.3, 0.4) is 0 Å². The summed E-state index contributed by atoms with van der Waals surface area (Å²) in [6.07, 6.45) is 6.52. The number of anilines is 1. The topological polar surface area (TPSA) is 38.9 Å². The predicted molar refractivity (Wildman–Crippen MR) is 82.8 cm³/mol. The van der Waals surface area contributed by atoms with Gasteiger partial charge in [-0.25, -0.2) is 4.98 Å². The van der Waals surface area contributed by atoms with Crippen molar-refractivity contribution >= 4 is 27.9 Å². The van der Waals surface area contributed by atoms with Crippen molar-refractivity contribution in [2.45, 2.75) is 38.0 Å². The highest BCUT2D eigenvalue weighted by atomic mass is 35.5. The first-order valence-electron chi connectivity index (χ1n) is 6.76. The van der Waals surface area contributed by atoms with E-state index in [9.17, 15) is 0 Å². The minimum absolute atomic E-state index is 0.613. The van der Waals surface area contributed by atoms with Gasteiger partial charge >= 0.3 is 0 Å². The summed E-state index contributed by atoms with van der Waals surface area (Å²) in [5.74, 6) is 0.613. The van der Waals surface area contributed by atoms with E-state index in [1.165, 1.54) is 37.1 Å². The molecule has 1 heterocycles. The number of nitrogens with zero attached hydrogens (tertiary/aromatic N) is 1. The zero-order valence-corrected chi connectivity index (χ0v) is 12.3. The maximum atomic E-state index is 6.14. The maximum absolute atomic E-state index is 6.14. The molecule has 0 atom stereocenters. The largest absolute Gasteiger partial charge is 0.389 e. The highest BCUT2D eigenvalue weighted by Crippen LogP contribution is 2.39. The molecule has 0 radical (unpaired) electrons. The molecule has 1 saturated carbocycles. The van der Waals surface area contributed by atoms with Crippen molar-refractivity contribution in [3.8, 4) is 11.3 Å². The Hall–Kier alpha value is -1.06. The minimum atomic E-state index is 0.613. The van der Waals surface area contributed by atoms with Crippen molar-refractivity contribution in [1.82, 2.24) is 4.98 Å². The van der Waals surface area contributed by atoms with Gasteiger partial charge < -0.3 is 5.73 Å². The molecule has 2 nitrogen and oxygen atoms in total. The lowest BCUT2D eigenvalue weighted by Crippen LogP contribution is -2.03. The first-order chi connectivity index (χ1) is 9.24. The lowest BCUT2D eigenvalue weighted by molar-refractivity contribution is 0.442. The second-order valence-corrected chi connectivity index (χ2v) is 6.61. The molecule has 0 amide bonds. The van der Waals surface area contributed by atoms with Crippen LogP contribution in [0.25, 0.3) is 11.3 Å². The van der Waals surface area contributed by atoms with Gasteiger partial charge in [0, 0.05) is 16.5 Å². The van der Waals surface area contributed by atoms with Crippen LogP contribution in [0.4, 0.5) is 5.00 Å². The van der Waals surface area contributed by atoms with Crippen LogP contribution in [0.1, 0.15) is 43.0 Å². The molecule has 19 heavy (non-hydrogen) atoms. The van der Waals surface area contributed by atoms with Gasteiger partial charge in [0.15, 0.2) is 0 Å². The van der Waals surface area contributed by atoms with Crippen LogP contribution in [-0.2, 0) is 0 Å². The number of nitrogen functional groups attached to an aromatic ring is 1. The molecule has 0 bridgehead atoms. The normalized spacial score (nSPS) is 16.7. The number of hydrogen-bond donors (Lipinski definition) is 1. The third-order valence-corrected chi connectivity index (χ3v) is 5.04. The summed E-state index contributed by atoms with van der Waals surface area (Å²) in [5.41, 5.74) is 8.12. The second-order valence-electron chi connectivity index (χ2n) is 5.11. The van der Waals surface area contributed by atoms with Crippen LogP contribution in [0, 0.1) is 0 Å². The van der Waals surface area contributed by atoms with E-state index < -0.39 is 0 Å². The van der Waals surface area contributed by atoms with E-state index in [-0.39, 0.29) is 0 Å². The van der Waals surface area contributed by atoms with E-state index in [2.05, 4.69) is 0 Å². The second kappa shape index (κ2) is 5.51. The molecule has 0 spiro atoms. The van der Waals surface area contributed by atoms with E-state index in [0.29, 0.717) is 5.92 Å². The Bertz CT molecular complexity index is 556. The average Bonchev–Trinajstić information content (AvgIpc) is 2.83. The van der Waals surface area contributed by atoms with Crippen molar-refractivity contribution in [3.05, 3.63) is 34.3 Å². The van der Waals surface area contributed by atoms with Crippen LogP contribution in [-0.4, -0.2) is 4.98 Å². The standard InChI is InChI=1S/C15H17ClN2S/c16-12-8-6-10(7-9-12)13-14(17)19-15(18-13)11-4-2-1-3-5-11/h6-9,11H,1-5,17H2. The van der Waals surface area contributed by atoms with Gasteiger partial charge in [0.05, 0.1) is 5.01 Å². The SMILES string of the molecule is Nc1sc(C2CCCCC2)nc1-c1ccc(Cl)cc1. The first kappa shape index (κ1) is 12.9. The van der Waals surface area contributed by atoms with Crippen LogP contribution in [0.2, 0.25) is 5.02 Å². The lowest BCUT2D eigenvalue weighted by Gasteiger charge is -2.18. The summed E-state index contributed by atoms with van der Waals surface area (Å²) in [6.45, 7) is 0. The molecule has 1 aromatic carbocycles. The number of rotatable bonds is 2. The highest BCUT2D eigenvalue weighted by Gasteiger charge is 2.21. The van der Waals surface area contributed by atoms with Gasteiger partial charge in [-0.15, -0.1) is 11.3 Å². The zero-order chi connectivity index (χ0) is 13.2. The maximum Gasteiger partial charge on any atom is 0.114 e. The summed E-state index contributed by atoms with van der Waals surface area (Å²) in [7, 11) is 0. The van der Waals surface area contributed by atoms with Gasteiger partial charge in [-0.2, -0.15) is 0 Å². The van der Waals surface area contributed by atoms with Gasteiger partial charge in [-0.3, -0.25) is 0 Å². The van der Waals surface area contributed by atoms with Crippen LogP contribution >= 0.6 is 22.9 Å². The van der Waals surface area contributed by atoms with Gasteiger partial charge in [-0.1, -0.05) is 43.0 Å². The fourth-order valence-electron chi connectivity index (χ4n) is 2.69. The Morgan fingerprint density at radius 2 is 1.79 bits per heavy atom. The fraction of sp³-hybridized carbons (Fsp3) is 0.400. The number of benzene rings is 1. The molecular formula is C15H17ClN2S. The van der Waals surface area contributed by atoms with E-state index in [1.54, 1.807) is 11.3 Å². The summed E-state index contributed by atoms with van der Waals surface area (Å²) in [6, 6.07) is 7.74. The van der Waals surface area contributed by atoms with Crippen LogP contribution in [0.15, 0.2) is 24.3 Å².